The summed E-state index contributed by atoms with van der Waals surface area (Å²) >= 11 is 3.35. The van der Waals surface area contributed by atoms with E-state index in [4.69, 9.17) is 5.73 Å². The number of amides is 1. The quantitative estimate of drug-likeness (QED) is 0.677. The number of benzene rings is 3. The number of fused-ring (bicyclic) bond motifs is 1. The Morgan fingerprint density at radius 3 is 2.62 bits per heavy atom. The number of anilines is 2. The SMILES string of the molecule is Nc1ccc(Br)cc1C(=O)Nc1cccc2ccccc12. The van der Waals surface area contributed by atoms with Crippen LogP contribution in [0.1, 0.15) is 10.4 Å². The molecule has 4 heteroatoms. The van der Waals surface area contributed by atoms with Crippen LogP contribution in [0.3, 0.4) is 0 Å². The van der Waals surface area contributed by atoms with Crippen molar-refractivity contribution in [1.82, 2.24) is 0 Å². The van der Waals surface area contributed by atoms with Gasteiger partial charge < -0.3 is 11.1 Å². The highest BCUT2D eigenvalue weighted by Crippen LogP contribution is 2.25. The maximum absolute atomic E-state index is 12.4. The summed E-state index contributed by atoms with van der Waals surface area (Å²) in [6.45, 7) is 0. The molecule has 3 aromatic rings. The number of nitrogen functional groups attached to an aromatic ring is 1. The number of carbonyl (C=O) groups excluding carboxylic acids is 1. The van der Waals surface area contributed by atoms with Crippen molar-refractivity contribution >= 4 is 44.0 Å². The van der Waals surface area contributed by atoms with Crippen LogP contribution >= 0.6 is 15.9 Å². The van der Waals surface area contributed by atoms with E-state index in [9.17, 15) is 4.79 Å². The summed E-state index contributed by atoms with van der Waals surface area (Å²) < 4.78 is 0.819. The molecule has 3 aromatic carbocycles. The molecule has 0 heterocycles. The molecule has 0 aliphatic heterocycles. The topological polar surface area (TPSA) is 55.1 Å². The first-order valence-corrected chi connectivity index (χ1v) is 7.28. The van der Waals surface area contributed by atoms with E-state index in [-0.39, 0.29) is 5.91 Å². The fraction of sp³-hybridized carbons (Fsp3) is 0. The molecule has 0 aliphatic rings. The van der Waals surface area contributed by atoms with Gasteiger partial charge in [0.05, 0.1) is 5.56 Å². The first-order chi connectivity index (χ1) is 10.1. The van der Waals surface area contributed by atoms with Crippen LogP contribution in [0.4, 0.5) is 11.4 Å². The normalized spacial score (nSPS) is 10.5. The third-order valence-electron chi connectivity index (χ3n) is 3.30. The van der Waals surface area contributed by atoms with Crippen LogP contribution in [0.2, 0.25) is 0 Å². The lowest BCUT2D eigenvalue weighted by Crippen LogP contribution is -2.14. The number of halogens is 1. The Balaban J connectivity index is 1.99. The third kappa shape index (κ3) is 2.76. The second-order valence-electron chi connectivity index (χ2n) is 4.71. The molecule has 0 radical (unpaired) electrons. The molecule has 0 unspecified atom stereocenters. The van der Waals surface area contributed by atoms with Crippen LogP contribution in [0, 0.1) is 0 Å². The fourth-order valence-corrected chi connectivity index (χ4v) is 2.61. The lowest BCUT2D eigenvalue weighted by molar-refractivity contribution is 0.102. The van der Waals surface area contributed by atoms with Crippen molar-refractivity contribution in [3.63, 3.8) is 0 Å². The molecule has 3 rings (SSSR count). The smallest absolute Gasteiger partial charge is 0.257 e. The average molecular weight is 341 g/mol. The van der Waals surface area contributed by atoms with Gasteiger partial charge in [-0.3, -0.25) is 4.79 Å². The molecule has 21 heavy (non-hydrogen) atoms. The summed E-state index contributed by atoms with van der Waals surface area (Å²) in [6.07, 6.45) is 0. The number of nitrogens with two attached hydrogens (primary N) is 1. The minimum Gasteiger partial charge on any atom is -0.398 e. The average Bonchev–Trinajstić information content (AvgIpc) is 2.50. The van der Waals surface area contributed by atoms with Crippen molar-refractivity contribution in [2.45, 2.75) is 0 Å². The zero-order valence-electron chi connectivity index (χ0n) is 11.1. The van der Waals surface area contributed by atoms with Crippen LogP contribution in [0.15, 0.2) is 65.1 Å². The van der Waals surface area contributed by atoms with E-state index in [0.717, 1.165) is 20.9 Å². The van der Waals surface area contributed by atoms with Gasteiger partial charge in [-0.15, -0.1) is 0 Å². The standard InChI is InChI=1S/C17H13BrN2O/c18-12-8-9-15(19)14(10-12)17(21)20-16-7-3-5-11-4-1-2-6-13(11)16/h1-10H,19H2,(H,20,21). The Hall–Kier alpha value is -2.33. The summed E-state index contributed by atoms with van der Waals surface area (Å²) in [5.74, 6) is -0.217. The van der Waals surface area contributed by atoms with Gasteiger partial charge in [0.15, 0.2) is 0 Å². The second kappa shape index (κ2) is 5.58. The fourth-order valence-electron chi connectivity index (χ4n) is 2.25. The van der Waals surface area contributed by atoms with Crippen molar-refractivity contribution in [2.24, 2.45) is 0 Å². The minimum absolute atomic E-state index is 0.217. The highest BCUT2D eigenvalue weighted by molar-refractivity contribution is 9.10. The summed E-state index contributed by atoms with van der Waals surface area (Å²) in [5, 5.41) is 5.01. The van der Waals surface area contributed by atoms with Gasteiger partial charge in [0.25, 0.3) is 5.91 Å². The number of carbonyl (C=O) groups is 1. The lowest BCUT2D eigenvalue weighted by atomic mass is 10.1. The van der Waals surface area contributed by atoms with Crippen LogP contribution in [0.5, 0.6) is 0 Å². The van der Waals surface area contributed by atoms with E-state index < -0.39 is 0 Å². The van der Waals surface area contributed by atoms with Crippen molar-refractivity contribution < 1.29 is 4.79 Å². The van der Waals surface area contributed by atoms with Crippen molar-refractivity contribution in [2.75, 3.05) is 11.1 Å². The van der Waals surface area contributed by atoms with E-state index in [0.29, 0.717) is 11.3 Å². The predicted molar refractivity (Wildman–Crippen MR) is 90.5 cm³/mol. The first-order valence-electron chi connectivity index (χ1n) is 6.49. The summed E-state index contributed by atoms with van der Waals surface area (Å²) in [4.78, 5) is 12.4. The number of rotatable bonds is 2. The van der Waals surface area contributed by atoms with E-state index >= 15 is 0 Å². The van der Waals surface area contributed by atoms with E-state index in [1.165, 1.54) is 0 Å². The lowest BCUT2D eigenvalue weighted by Gasteiger charge is -2.10. The van der Waals surface area contributed by atoms with Crippen molar-refractivity contribution in [1.29, 1.82) is 0 Å². The van der Waals surface area contributed by atoms with Gasteiger partial charge in [-0.2, -0.15) is 0 Å². The molecule has 1 amide bonds. The number of hydrogen-bond donors (Lipinski definition) is 2. The monoisotopic (exact) mass is 340 g/mol. The largest absolute Gasteiger partial charge is 0.398 e. The van der Waals surface area contributed by atoms with Gasteiger partial charge in [-0.05, 0) is 29.7 Å². The van der Waals surface area contributed by atoms with Crippen LogP contribution in [0.25, 0.3) is 10.8 Å². The molecule has 3 N–H and O–H groups in total. The molecule has 0 aromatic heterocycles. The summed E-state index contributed by atoms with van der Waals surface area (Å²) in [5.41, 5.74) is 7.56. The van der Waals surface area contributed by atoms with Gasteiger partial charge in [0, 0.05) is 21.2 Å². The Morgan fingerprint density at radius 2 is 1.76 bits per heavy atom. The zero-order chi connectivity index (χ0) is 14.8. The molecular formula is C17H13BrN2O. The number of nitrogens with one attached hydrogen (secondary N) is 1. The molecule has 0 spiro atoms. The van der Waals surface area contributed by atoms with Crippen LogP contribution in [-0.4, -0.2) is 5.91 Å². The molecule has 3 nitrogen and oxygen atoms in total. The molecule has 0 saturated carbocycles. The molecule has 0 atom stereocenters. The molecular weight excluding hydrogens is 328 g/mol. The summed E-state index contributed by atoms with van der Waals surface area (Å²) in [6, 6.07) is 19.0. The summed E-state index contributed by atoms with van der Waals surface area (Å²) in [7, 11) is 0. The predicted octanol–water partition coefficient (Wildman–Crippen LogP) is 4.44. The molecule has 0 saturated heterocycles. The van der Waals surface area contributed by atoms with Gasteiger partial charge in [-0.1, -0.05) is 52.3 Å². The highest BCUT2D eigenvalue weighted by atomic mass is 79.9. The van der Waals surface area contributed by atoms with E-state index in [2.05, 4.69) is 21.2 Å². The van der Waals surface area contributed by atoms with E-state index in [1.54, 1.807) is 12.1 Å². The Kier molecular flexibility index (Phi) is 3.62. The Labute approximate surface area is 130 Å². The second-order valence-corrected chi connectivity index (χ2v) is 5.63. The maximum atomic E-state index is 12.4. The third-order valence-corrected chi connectivity index (χ3v) is 3.79. The molecule has 0 fully saturated rings. The zero-order valence-corrected chi connectivity index (χ0v) is 12.7. The Bertz CT molecular complexity index is 825. The van der Waals surface area contributed by atoms with Crippen LogP contribution < -0.4 is 11.1 Å². The van der Waals surface area contributed by atoms with Crippen molar-refractivity contribution in [3.05, 3.63) is 70.7 Å². The van der Waals surface area contributed by atoms with Gasteiger partial charge in [-0.25, -0.2) is 0 Å². The molecule has 0 aliphatic carbocycles. The van der Waals surface area contributed by atoms with Crippen LogP contribution in [-0.2, 0) is 0 Å². The van der Waals surface area contributed by atoms with Gasteiger partial charge in [0.2, 0.25) is 0 Å². The molecule has 0 bridgehead atoms. The Morgan fingerprint density at radius 1 is 1.00 bits per heavy atom. The van der Waals surface area contributed by atoms with Gasteiger partial charge >= 0.3 is 0 Å². The van der Waals surface area contributed by atoms with E-state index in [1.807, 2.05) is 48.5 Å². The minimum atomic E-state index is -0.217. The maximum Gasteiger partial charge on any atom is 0.257 e. The first kappa shape index (κ1) is 13.6. The van der Waals surface area contributed by atoms with Gasteiger partial charge in [0.1, 0.15) is 0 Å². The van der Waals surface area contributed by atoms with Crippen molar-refractivity contribution in [3.8, 4) is 0 Å². The number of hydrogen-bond acceptors (Lipinski definition) is 2. The molecule has 104 valence electrons. The highest BCUT2D eigenvalue weighted by Gasteiger charge is 2.11.